The number of benzene rings is 1. The Balaban J connectivity index is 1.24. The number of hydrogen-bond acceptors (Lipinski definition) is 5. The molecular formula is C29H34O5. The summed E-state index contributed by atoms with van der Waals surface area (Å²) in [7, 11) is 0. The van der Waals surface area contributed by atoms with Crippen LogP contribution in [0.4, 0.5) is 0 Å². The van der Waals surface area contributed by atoms with E-state index >= 15 is 0 Å². The van der Waals surface area contributed by atoms with Gasteiger partial charge >= 0.3 is 11.9 Å². The van der Waals surface area contributed by atoms with Crippen LogP contribution in [0, 0.1) is 40.4 Å². The second-order valence-corrected chi connectivity index (χ2v) is 11.9. The van der Waals surface area contributed by atoms with Gasteiger partial charge in [-0.1, -0.05) is 37.6 Å². The van der Waals surface area contributed by atoms with Crippen LogP contribution < -0.4 is 0 Å². The molecule has 0 aromatic heterocycles. The Labute approximate surface area is 201 Å². The summed E-state index contributed by atoms with van der Waals surface area (Å²) >= 11 is 0. The van der Waals surface area contributed by atoms with Crippen LogP contribution in [0.25, 0.3) is 0 Å². The van der Waals surface area contributed by atoms with E-state index in [1.165, 1.54) is 12.5 Å². The summed E-state index contributed by atoms with van der Waals surface area (Å²) in [6.07, 6.45) is 7.17. The summed E-state index contributed by atoms with van der Waals surface area (Å²) in [4.78, 5) is 38.1. The fourth-order valence-electron chi connectivity index (χ4n) is 8.55. The van der Waals surface area contributed by atoms with Crippen molar-refractivity contribution in [3.05, 3.63) is 47.5 Å². The predicted octanol–water partition coefficient (Wildman–Crippen LogP) is 5.14. The van der Waals surface area contributed by atoms with Gasteiger partial charge in [-0.25, -0.2) is 4.79 Å². The highest BCUT2D eigenvalue weighted by molar-refractivity contribution is 5.95. The van der Waals surface area contributed by atoms with Crippen molar-refractivity contribution in [2.45, 2.75) is 71.5 Å². The lowest BCUT2D eigenvalue weighted by Crippen LogP contribution is -2.55. The zero-order valence-electron chi connectivity index (χ0n) is 20.3. The van der Waals surface area contributed by atoms with Gasteiger partial charge in [0.1, 0.15) is 12.2 Å². The number of rotatable bonds is 3. The maximum Gasteiger partial charge on any atom is 0.338 e. The van der Waals surface area contributed by atoms with Crippen molar-refractivity contribution >= 4 is 17.7 Å². The van der Waals surface area contributed by atoms with Crippen molar-refractivity contribution in [1.82, 2.24) is 0 Å². The van der Waals surface area contributed by atoms with Crippen LogP contribution in [0.1, 0.15) is 69.7 Å². The molecule has 0 bridgehead atoms. The maximum atomic E-state index is 13.7. The smallest absolute Gasteiger partial charge is 0.338 e. The maximum absolute atomic E-state index is 13.7. The number of fused-ring (bicyclic) bond motifs is 7. The van der Waals surface area contributed by atoms with Gasteiger partial charge in [0.25, 0.3) is 0 Å². The molecule has 5 nitrogen and oxygen atoms in total. The lowest BCUT2D eigenvalue weighted by Gasteiger charge is -2.57. The minimum atomic E-state index is -0.287. The van der Waals surface area contributed by atoms with E-state index in [4.69, 9.17) is 9.47 Å². The first-order valence-corrected chi connectivity index (χ1v) is 12.9. The topological polar surface area (TPSA) is 69.7 Å². The summed E-state index contributed by atoms with van der Waals surface area (Å²) < 4.78 is 11.7. The molecule has 1 aromatic rings. The average molecular weight is 463 g/mol. The number of carbonyl (C=O) groups is 3. The average Bonchev–Trinajstić information content (AvgIpc) is 3.54. The molecule has 0 spiro atoms. The highest BCUT2D eigenvalue weighted by Gasteiger charge is 2.72. The molecule has 0 heterocycles. The number of hydrogen-bond donors (Lipinski definition) is 0. The van der Waals surface area contributed by atoms with Crippen LogP contribution in [0.5, 0.6) is 0 Å². The zero-order valence-corrected chi connectivity index (χ0v) is 20.3. The minimum Gasteiger partial charge on any atom is -0.462 e. The summed E-state index contributed by atoms with van der Waals surface area (Å²) in [5, 5.41) is 0. The Morgan fingerprint density at radius 3 is 2.50 bits per heavy atom. The van der Waals surface area contributed by atoms with E-state index in [1.807, 2.05) is 24.3 Å². The van der Waals surface area contributed by atoms with Crippen LogP contribution in [0.2, 0.25) is 0 Å². The Morgan fingerprint density at radius 2 is 1.76 bits per heavy atom. The van der Waals surface area contributed by atoms with Gasteiger partial charge < -0.3 is 9.47 Å². The van der Waals surface area contributed by atoms with E-state index in [2.05, 4.69) is 13.8 Å². The normalized spacial score (nSPS) is 44.0. The van der Waals surface area contributed by atoms with Crippen LogP contribution >= 0.6 is 0 Å². The van der Waals surface area contributed by atoms with Gasteiger partial charge in [-0.2, -0.15) is 0 Å². The first-order valence-electron chi connectivity index (χ1n) is 12.9. The molecule has 34 heavy (non-hydrogen) atoms. The van der Waals surface area contributed by atoms with Crippen LogP contribution in [0.3, 0.4) is 0 Å². The number of carbonyl (C=O) groups excluding carboxylic acids is 3. The van der Waals surface area contributed by atoms with Crippen molar-refractivity contribution in [2.75, 3.05) is 0 Å². The van der Waals surface area contributed by atoms with E-state index in [9.17, 15) is 14.4 Å². The molecule has 4 fully saturated rings. The monoisotopic (exact) mass is 462 g/mol. The predicted molar refractivity (Wildman–Crippen MR) is 126 cm³/mol. The van der Waals surface area contributed by atoms with Gasteiger partial charge in [-0.15, -0.1) is 0 Å². The standard InChI is InChI=1S/C29H34O5/c1-16(30)33-26-21-15-20(21)25-24-22(10-12-29(25,26)3)28(2)11-9-19(13-18(28)14-23(24)31)34-27(32)17-7-5-4-6-8-17/h4-8,14,19-22,24-26H,9-13,15H2,1-3H3/t19-,20+,21-,22-,24-,25-,26-,28-,29-/m0/s1. The Bertz CT molecular complexity index is 1080. The number of ketones is 1. The number of esters is 2. The zero-order chi connectivity index (χ0) is 23.8. The summed E-state index contributed by atoms with van der Waals surface area (Å²) in [5.74, 6) is 1.34. The molecule has 5 heteroatoms. The third kappa shape index (κ3) is 3.15. The van der Waals surface area contributed by atoms with Gasteiger partial charge in [-0.3, -0.25) is 9.59 Å². The van der Waals surface area contributed by atoms with E-state index in [-0.39, 0.29) is 46.7 Å². The Kier molecular flexibility index (Phi) is 4.89. The number of allylic oxidation sites excluding steroid dienone is 1. The molecule has 0 saturated heterocycles. The van der Waals surface area contributed by atoms with E-state index in [0.29, 0.717) is 35.7 Å². The second-order valence-electron chi connectivity index (χ2n) is 11.9. The Morgan fingerprint density at radius 1 is 1.00 bits per heavy atom. The van der Waals surface area contributed by atoms with Crippen molar-refractivity contribution < 1.29 is 23.9 Å². The fourth-order valence-corrected chi connectivity index (χ4v) is 8.55. The summed E-state index contributed by atoms with van der Waals surface area (Å²) in [5.41, 5.74) is 1.61. The Hall–Kier alpha value is -2.43. The molecule has 0 aliphatic heterocycles. The molecule has 6 rings (SSSR count). The molecule has 180 valence electrons. The third-order valence-electron chi connectivity index (χ3n) is 10.2. The molecule has 0 N–H and O–H groups in total. The second kappa shape index (κ2) is 7.53. The van der Waals surface area contributed by atoms with Gasteiger partial charge in [0.2, 0.25) is 0 Å². The molecular weight excluding hydrogens is 428 g/mol. The summed E-state index contributed by atoms with van der Waals surface area (Å²) in [6, 6.07) is 9.12. The molecule has 0 radical (unpaired) electrons. The van der Waals surface area contributed by atoms with Gasteiger partial charge in [0, 0.05) is 24.7 Å². The molecule has 4 saturated carbocycles. The van der Waals surface area contributed by atoms with Gasteiger partial charge in [-0.05, 0) is 79.4 Å². The van der Waals surface area contributed by atoms with Crippen LogP contribution in [0.15, 0.2) is 42.0 Å². The lowest BCUT2D eigenvalue weighted by molar-refractivity contribution is -0.162. The van der Waals surface area contributed by atoms with Crippen LogP contribution in [-0.2, 0) is 19.1 Å². The van der Waals surface area contributed by atoms with E-state index in [0.717, 1.165) is 32.1 Å². The highest BCUT2D eigenvalue weighted by Crippen LogP contribution is 2.73. The fraction of sp³-hybridized carbons (Fsp3) is 0.621. The lowest BCUT2D eigenvalue weighted by atomic mass is 9.47. The SMILES string of the molecule is CC(=O)O[C@H]1[C@H]2C[C@H]2[C@H]2[C@@H]3C(=O)C=C4C[C@@H](OC(=O)c5ccccc5)CC[C@]4(C)[C@H]3CC[C@@]21C. The molecule has 0 unspecified atom stereocenters. The first-order chi connectivity index (χ1) is 16.2. The van der Waals surface area contributed by atoms with Gasteiger partial charge in [0.05, 0.1) is 5.56 Å². The van der Waals surface area contributed by atoms with E-state index in [1.54, 1.807) is 12.1 Å². The highest BCUT2D eigenvalue weighted by atomic mass is 16.5. The third-order valence-corrected chi connectivity index (χ3v) is 10.2. The van der Waals surface area contributed by atoms with Crippen molar-refractivity contribution in [3.8, 4) is 0 Å². The molecule has 0 amide bonds. The molecule has 1 aromatic carbocycles. The molecule has 5 aliphatic carbocycles. The van der Waals surface area contributed by atoms with Gasteiger partial charge in [0.15, 0.2) is 5.78 Å². The van der Waals surface area contributed by atoms with Crippen LogP contribution in [-0.4, -0.2) is 29.9 Å². The van der Waals surface area contributed by atoms with Crippen molar-refractivity contribution in [1.29, 1.82) is 0 Å². The first kappa shape index (κ1) is 22.1. The minimum absolute atomic E-state index is 0.0199. The molecule has 5 aliphatic rings. The quantitative estimate of drug-likeness (QED) is 0.582. The van der Waals surface area contributed by atoms with E-state index < -0.39 is 0 Å². The largest absolute Gasteiger partial charge is 0.462 e. The summed E-state index contributed by atoms with van der Waals surface area (Å²) in [6.45, 7) is 6.11. The van der Waals surface area contributed by atoms with Crippen molar-refractivity contribution in [2.24, 2.45) is 40.4 Å². The number of ether oxygens (including phenoxy) is 2. The molecule has 9 atom stereocenters. The van der Waals surface area contributed by atoms with Crippen molar-refractivity contribution in [3.63, 3.8) is 0 Å².